The Kier molecular flexibility index (Phi) is 3.07. The van der Waals surface area contributed by atoms with E-state index in [1.54, 1.807) is 0 Å². The van der Waals surface area contributed by atoms with Crippen LogP contribution in [-0.2, 0) is 20.7 Å². The van der Waals surface area contributed by atoms with E-state index in [1.165, 1.54) is 18.2 Å². The average Bonchev–Trinajstić information content (AvgIpc) is 2.39. The molecule has 4 nitrogen and oxygen atoms in total. The smallest absolute Gasteiger partial charge is 0.318 e. The van der Waals surface area contributed by atoms with Crippen LogP contribution in [-0.4, -0.2) is 44.8 Å². The largest absolute Gasteiger partial charge is 0.468 e. The molecule has 1 fully saturated rings. The fourth-order valence-electron chi connectivity index (χ4n) is 3.32. The molecule has 1 aromatic carbocycles. The number of methoxy groups -OCH3 is 1. The van der Waals surface area contributed by atoms with E-state index in [0.717, 1.165) is 13.0 Å². The first-order valence-corrected chi connectivity index (χ1v) is 6.63. The Balaban J connectivity index is 2.05. The lowest BCUT2D eigenvalue weighted by molar-refractivity contribution is -0.198. The highest BCUT2D eigenvalue weighted by Gasteiger charge is 2.56. The van der Waals surface area contributed by atoms with Crippen molar-refractivity contribution in [2.45, 2.75) is 12.5 Å². The molecule has 0 aromatic heterocycles. The number of ether oxygens (including phenoxy) is 2. The molecule has 0 amide bonds. The van der Waals surface area contributed by atoms with Gasteiger partial charge in [0.2, 0.25) is 0 Å². The van der Waals surface area contributed by atoms with Crippen molar-refractivity contribution in [3.63, 3.8) is 0 Å². The third-order valence-corrected chi connectivity index (χ3v) is 4.36. The van der Waals surface area contributed by atoms with E-state index < -0.39 is 5.41 Å². The van der Waals surface area contributed by atoms with Gasteiger partial charge in [0, 0.05) is 6.54 Å². The summed E-state index contributed by atoms with van der Waals surface area (Å²) in [4.78, 5) is 14.5. The number of carbonyl (C=O) groups is 1. The van der Waals surface area contributed by atoms with Gasteiger partial charge in [-0.05, 0) is 24.6 Å². The maximum Gasteiger partial charge on any atom is 0.318 e. The molecular weight excluding hydrogens is 242 g/mol. The number of benzene rings is 1. The van der Waals surface area contributed by atoms with E-state index in [-0.39, 0.29) is 12.0 Å². The van der Waals surface area contributed by atoms with E-state index in [2.05, 4.69) is 30.1 Å². The van der Waals surface area contributed by atoms with E-state index in [4.69, 9.17) is 9.47 Å². The number of carbonyl (C=O) groups excluding carboxylic acids is 1. The number of esters is 1. The first kappa shape index (κ1) is 12.6. The molecular formula is C15H19NO3. The molecule has 0 spiro atoms. The Hall–Kier alpha value is -1.39. The Morgan fingerprint density at radius 3 is 2.79 bits per heavy atom. The summed E-state index contributed by atoms with van der Waals surface area (Å²) < 4.78 is 10.4. The molecule has 1 unspecified atom stereocenters. The zero-order valence-corrected chi connectivity index (χ0v) is 11.4. The molecule has 0 aliphatic carbocycles. The highest BCUT2D eigenvalue weighted by atomic mass is 16.5. The molecule has 0 bridgehead atoms. The van der Waals surface area contributed by atoms with Crippen LogP contribution >= 0.6 is 0 Å². The molecule has 2 aliphatic heterocycles. The second-order valence-corrected chi connectivity index (χ2v) is 5.47. The minimum Gasteiger partial charge on any atom is -0.468 e. The monoisotopic (exact) mass is 261 g/mol. The summed E-state index contributed by atoms with van der Waals surface area (Å²) in [5.74, 6) is -0.160. The summed E-state index contributed by atoms with van der Waals surface area (Å²) in [6, 6.07) is 8.43. The van der Waals surface area contributed by atoms with E-state index in [9.17, 15) is 4.79 Å². The van der Waals surface area contributed by atoms with Crippen LogP contribution < -0.4 is 0 Å². The topological polar surface area (TPSA) is 38.8 Å². The highest BCUT2D eigenvalue weighted by Crippen LogP contribution is 2.47. The van der Waals surface area contributed by atoms with Crippen LogP contribution in [0.25, 0.3) is 0 Å². The van der Waals surface area contributed by atoms with E-state index in [1.807, 2.05) is 6.07 Å². The van der Waals surface area contributed by atoms with Crippen molar-refractivity contribution in [3.8, 4) is 0 Å². The van der Waals surface area contributed by atoms with Crippen molar-refractivity contribution in [3.05, 3.63) is 35.4 Å². The van der Waals surface area contributed by atoms with Crippen molar-refractivity contribution < 1.29 is 14.3 Å². The van der Waals surface area contributed by atoms with Crippen LogP contribution in [0.3, 0.4) is 0 Å². The van der Waals surface area contributed by atoms with E-state index >= 15 is 0 Å². The number of rotatable bonds is 2. The number of nitrogens with zero attached hydrogens (tertiary/aromatic N) is 1. The minimum atomic E-state index is -0.542. The van der Waals surface area contributed by atoms with Gasteiger partial charge in [0.05, 0.1) is 26.4 Å². The average molecular weight is 261 g/mol. The summed E-state index contributed by atoms with van der Waals surface area (Å²) in [6.45, 7) is 1.85. The summed E-state index contributed by atoms with van der Waals surface area (Å²) in [5, 5.41) is 0. The SMILES string of the molecule is COC(=O)C1(C2c3ccccc3CCN2C)COC1. The van der Waals surface area contributed by atoms with Crippen LogP contribution in [0.2, 0.25) is 0 Å². The summed E-state index contributed by atoms with van der Waals surface area (Å²) in [5.41, 5.74) is 2.03. The molecule has 1 saturated heterocycles. The Bertz CT molecular complexity index is 496. The van der Waals surface area contributed by atoms with Crippen LogP contribution in [0.5, 0.6) is 0 Å². The molecule has 19 heavy (non-hydrogen) atoms. The first-order chi connectivity index (χ1) is 9.19. The summed E-state index contributed by atoms with van der Waals surface area (Å²) in [6.07, 6.45) is 1.03. The summed E-state index contributed by atoms with van der Waals surface area (Å²) >= 11 is 0. The second-order valence-electron chi connectivity index (χ2n) is 5.47. The first-order valence-electron chi connectivity index (χ1n) is 6.63. The predicted octanol–water partition coefficient (Wildman–Crippen LogP) is 1.41. The van der Waals surface area contributed by atoms with Crippen molar-refractivity contribution in [2.24, 2.45) is 5.41 Å². The minimum absolute atomic E-state index is 0.0543. The quantitative estimate of drug-likeness (QED) is 0.754. The molecule has 0 saturated carbocycles. The number of likely N-dealkylation sites (N-methyl/N-ethyl adjacent to an activating group) is 1. The zero-order chi connectivity index (χ0) is 13.5. The van der Waals surface area contributed by atoms with Gasteiger partial charge in [0.25, 0.3) is 0 Å². The maximum absolute atomic E-state index is 12.2. The van der Waals surface area contributed by atoms with Crippen LogP contribution in [0, 0.1) is 5.41 Å². The van der Waals surface area contributed by atoms with Crippen molar-refractivity contribution in [1.82, 2.24) is 4.90 Å². The Morgan fingerprint density at radius 1 is 1.42 bits per heavy atom. The molecule has 0 radical (unpaired) electrons. The van der Waals surface area contributed by atoms with Gasteiger partial charge < -0.3 is 9.47 Å². The lowest BCUT2D eigenvalue weighted by Crippen LogP contribution is -2.58. The van der Waals surface area contributed by atoms with Crippen LogP contribution in [0.4, 0.5) is 0 Å². The van der Waals surface area contributed by atoms with Gasteiger partial charge in [0.1, 0.15) is 5.41 Å². The Labute approximate surface area is 113 Å². The van der Waals surface area contributed by atoms with Crippen LogP contribution in [0.1, 0.15) is 17.2 Å². The Morgan fingerprint density at radius 2 is 2.16 bits per heavy atom. The number of hydrogen-bond acceptors (Lipinski definition) is 4. The van der Waals surface area contributed by atoms with Gasteiger partial charge in [0.15, 0.2) is 0 Å². The van der Waals surface area contributed by atoms with E-state index in [0.29, 0.717) is 13.2 Å². The molecule has 1 aromatic rings. The van der Waals surface area contributed by atoms with Crippen LogP contribution in [0.15, 0.2) is 24.3 Å². The second kappa shape index (κ2) is 4.62. The van der Waals surface area contributed by atoms with Crippen molar-refractivity contribution in [2.75, 3.05) is 33.9 Å². The fourth-order valence-corrected chi connectivity index (χ4v) is 3.32. The van der Waals surface area contributed by atoms with Gasteiger partial charge in [-0.15, -0.1) is 0 Å². The lowest BCUT2D eigenvalue weighted by atomic mass is 9.71. The van der Waals surface area contributed by atoms with Gasteiger partial charge in [-0.1, -0.05) is 24.3 Å². The third kappa shape index (κ3) is 1.78. The standard InChI is InChI=1S/C15H19NO3/c1-16-8-7-11-5-3-4-6-12(11)13(16)15(9-19-10-15)14(17)18-2/h3-6,13H,7-10H2,1-2H3. The van der Waals surface area contributed by atoms with Gasteiger partial charge >= 0.3 is 5.97 Å². The zero-order valence-electron chi connectivity index (χ0n) is 11.4. The molecule has 1 atom stereocenters. The number of fused-ring (bicyclic) bond motifs is 1. The highest BCUT2D eigenvalue weighted by molar-refractivity contribution is 5.79. The van der Waals surface area contributed by atoms with Crippen molar-refractivity contribution in [1.29, 1.82) is 0 Å². The van der Waals surface area contributed by atoms with Gasteiger partial charge in [-0.25, -0.2) is 0 Å². The molecule has 3 rings (SSSR count). The fraction of sp³-hybridized carbons (Fsp3) is 0.533. The molecule has 0 N–H and O–H groups in total. The normalized spacial score (nSPS) is 25.3. The van der Waals surface area contributed by atoms with Gasteiger partial charge in [-0.2, -0.15) is 0 Å². The maximum atomic E-state index is 12.2. The lowest BCUT2D eigenvalue weighted by Gasteiger charge is -2.50. The summed E-state index contributed by atoms with van der Waals surface area (Å²) in [7, 11) is 3.53. The molecule has 2 aliphatic rings. The van der Waals surface area contributed by atoms with Crippen molar-refractivity contribution >= 4 is 5.97 Å². The molecule has 102 valence electrons. The van der Waals surface area contributed by atoms with Gasteiger partial charge in [-0.3, -0.25) is 9.69 Å². The molecule has 2 heterocycles. The third-order valence-electron chi connectivity index (χ3n) is 4.36. The number of hydrogen-bond donors (Lipinski definition) is 0. The molecule has 4 heteroatoms. The predicted molar refractivity (Wildman–Crippen MR) is 70.8 cm³/mol.